The molecule has 1 aromatic rings. The van der Waals surface area contributed by atoms with E-state index in [1.54, 1.807) is 26.0 Å². The molecule has 0 saturated heterocycles. The van der Waals surface area contributed by atoms with Gasteiger partial charge in [-0.25, -0.2) is 0 Å². The SMILES string of the molecule is CN(CC(O)COc1ccccc1N)CC(C)(C)O. The third-order valence-electron chi connectivity index (χ3n) is 2.53. The van der Waals surface area contributed by atoms with Crippen LogP contribution in [0.3, 0.4) is 0 Å². The van der Waals surface area contributed by atoms with Crippen molar-refractivity contribution in [3.8, 4) is 5.75 Å². The smallest absolute Gasteiger partial charge is 0.142 e. The predicted molar refractivity (Wildman–Crippen MR) is 76.2 cm³/mol. The minimum atomic E-state index is -0.779. The Morgan fingerprint density at radius 3 is 2.58 bits per heavy atom. The van der Waals surface area contributed by atoms with Crippen molar-refractivity contribution in [1.82, 2.24) is 4.90 Å². The first-order valence-corrected chi connectivity index (χ1v) is 6.34. The van der Waals surface area contributed by atoms with E-state index < -0.39 is 11.7 Å². The number of nitrogens with two attached hydrogens (primary N) is 1. The van der Waals surface area contributed by atoms with Gasteiger partial charge in [0.05, 0.1) is 11.3 Å². The van der Waals surface area contributed by atoms with Crippen LogP contribution < -0.4 is 10.5 Å². The Balaban J connectivity index is 2.36. The Bertz CT molecular complexity index is 391. The van der Waals surface area contributed by atoms with Crippen LogP contribution in [0, 0.1) is 0 Å². The molecule has 0 fully saturated rings. The minimum absolute atomic E-state index is 0.171. The lowest BCUT2D eigenvalue weighted by molar-refractivity contribution is 0.0195. The van der Waals surface area contributed by atoms with Crippen molar-refractivity contribution < 1.29 is 14.9 Å². The number of rotatable bonds is 7. The standard InChI is InChI=1S/C14H24N2O3/c1-14(2,18)10-16(3)8-11(17)9-19-13-7-5-4-6-12(13)15/h4-7,11,17-18H,8-10,15H2,1-3H3. The van der Waals surface area contributed by atoms with E-state index in [4.69, 9.17) is 10.5 Å². The van der Waals surface area contributed by atoms with Crippen LogP contribution in [0.5, 0.6) is 5.75 Å². The van der Waals surface area contributed by atoms with Crippen LogP contribution in [-0.4, -0.2) is 53.6 Å². The van der Waals surface area contributed by atoms with Gasteiger partial charge in [0, 0.05) is 13.1 Å². The van der Waals surface area contributed by atoms with Crippen molar-refractivity contribution in [2.75, 3.05) is 32.5 Å². The van der Waals surface area contributed by atoms with E-state index in [1.807, 2.05) is 24.1 Å². The molecule has 0 amide bonds. The Hall–Kier alpha value is -1.30. The Kier molecular flexibility index (Phi) is 5.60. The zero-order chi connectivity index (χ0) is 14.5. The summed E-state index contributed by atoms with van der Waals surface area (Å²) in [7, 11) is 1.85. The Labute approximate surface area is 114 Å². The van der Waals surface area contributed by atoms with Crippen LogP contribution in [0.1, 0.15) is 13.8 Å². The Morgan fingerprint density at radius 1 is 1.37 bits per heavy atom. The van der Waals surface area contributed by atoms with E-state index in [0.29, 0.717) is 24.5 Å². The molecule has 108 valence electrons. The number of hydrogen-bond acceptors (Lipinski definition) is 5. The number of para-hydroxylation sites is 2. The predicted octanol–water partition coefficient (Wildman–Crippen LogP) is 0.711. The van der Waals surface area contributed by atoms with Crippen molar-refractivity contribution in [3.63, 3.8) is 0 Å². The molecule has 0 aromatic heterocycles. The highest BCUT2D eigenvalue weighted by Gasteiger charge is 2.18. The van der Waals surface area contributed by atoms with Crippen molar-refractivity contribution in [2.45, 2.75) is 25.6 Å². The van der Waals surface area contributed by atoms with Gasteiger partial charge in [-0.3, -0.25) is 0 Å². The summed E-state index contributed by atoms with van der Waals surface area (Å²) in [6.07, 6.45) is -0.632. The van der Waals surface area contributed by atoms with Gasteiger partial charge in [-0.1, -0.05) is 12.1 Å². The lowest BCUT2D eigenvalue weighted by atomic mass is 10.1. The quantitative estimate of drug-likeness (QED) is 0.635. The van der Waals surface area contributed by atoms with Crippen molar-refractivity contribution in [3.05, 3.63) is 24.3 Å². The number of likely N-dealkylation sites (N-methyl/N-ethyl adjacent to an activating group) is 1. The largest absolute Gasteiger partial charge is 0.489 e. The highest BCUT2D eigenvalue weighted by molar-refractivity contribution is 5.51. The molecule has 1 aromatic carbocycles. The molecule has 19 heavy (non-hydrogen) atoms. The average Bonchev–Trinajstić information content (AvgIpc) is 2.25. The zero-order valence-electron chi connectivity index (χ0n) is 11.8. The second-order valence-electron chi connectivity index (χ2n) is 5.51. The highest BCUT2D eigenvalue weighted by atomic mass is 16.5. The van der Waals surface area contributed by atoms with Crippen LogP contribution in [-0.2, 0) is 0 Å². The van der Waals surface area contributed by atoms with Crippen LogP contribution in [0.2, 0.25) is 0 Å². The zero-order valence-corrected chi connectivity index (χ0v) is 11.8. The summed E-state index contributed by atoms with van der Waals surface area (Å²) in [4.78, 5) is 1.86. The number of anilines is 1. The molecule has 5 heteroatoms. The molecule has 0 heterocycles. The average molecular weight is 268 g/mol. The summed E-state index contributed by atoms with van der Waals surface area (Å²) in [6.45, 7) is 4.55. The number of nitrogens with zero attached hydrogens (tertiary/aromatic N) is 1. The summed E-state index contributed by atoms with van der Waals surface area (Å²) in [6, 6.07) is 7.18. The van der Waals surface area contributed by atoms with Crippen molar-refractivity contribution in [2.24, 2.45) is 0 Å². The number of nitrogen functional groups attached to an aromatic ring is 1. The fraction of sp³-hybridized carbons (Fsp3) is 0.571. The summed E-state index contributed by atoms with van der Waals surface area (Å²) in [5.74, 6) is 0.576. The van der Waals surface area contributed by atoms with E-state index in [2.05, 4.69) is 0 Å². The molecule has 0 bridgehead atoms. The van der Waals surface area contributed by atoms with E-state index in [-0.39, 0.29) is 6.61 Å². The van der Waals surface area contributed by atoms with E-state index in [0.717, 1.165) is 0 Å². The van der Waals surface area contributed by atoms with Crippen LogP contribution in [0.25, 0.3) is 0 Å². The monoisotopic (exact) mass is 268 g/mol. The third kappa shape index (κ3) is 6.42. The first kappa shape index (κ1) is 15.8. The maximum absolute atomic E-state index is 9.88. The lowest BCUT2D eigenvalue weighted by Crippen LogP contribution is -2.41. The van der Waals surface area contributed by atoms with Gasteiger partial charge in [-0.05, 0) is 33.0 Å². The van der Waals surface area contributed by atoms with Crippen LogP contribution in [0.15, 0.2) is 24.3 Å². The molecular formula is C14H24N2O3. The van der Waals surface area contributed by atoms with Gasteiger partial charge in [0.1, 0.15) is 18.5 Å². The maximum Gasteiger partial charge on any atom is 0.142 e. The molecule has 5 nitrogen and oxygen atoms in total. The molecule has 0 aliphatic heterocycles. The molecule has 4 N–H and O–H groups in total. The number of aliphatic hydroxyl groups excluding tert-OH is 1. The van der Waals surface area contributed by atoms with Gasteiger partial charge < -0.3 is 25.6 Å². The number of hydrogen-bond donors (Lipinski definition) is 3. The molecule has 0 saturated carbocycles. The first-order valence-electron chi connectivity index (χ1n) is 6.34. The molecule has 0 spiro atoms. The van der Waals surface area contributed by atoms with E-state index >= 15 is 0 Å². The summed E-state index contributed by atoms with van der Waals surface area (Å²) in [5, 5.41) is 19.6. The minimum Gasteiger partial charge on any atom is -0.489 e. The van der Waals surface area contributed by atoms with E-state index in [1.165, 1.54) is 0 Å². The first-order chi connectivity index (χ1) is 8.78. The van der Waals surface area contributed by atoms with Crippen LogP contribution in [0.4, 0.5) is 5.69 Å². The fourth-order valence-electron chi connectivity index (χ4n) is 1.94. The maximum atomic E-state index is 9.88. The van der Waals surface area contributed by atoms with Gasteiger partial charge in [0.15, 0.2) is 0 Å². The summed E-state index contributed by atoms with van der Waals surface area (Å²) in [5.41, 5.74) is 5.52. The van der Waals surface area contributed by atoms with Gasteiger partial charge in [0.25, 0.3) is 0 Å². The molecule has 1 atom stereocenters. The molecule has 1 rings (SSSR count). The van der Waals surface area contributed by atoms with Gasteiger partial charge in [-0.2, -0.15) is 0 Å². The number of aliphatic hydroxyl groups is 2. The van der Waals surface area contributed by atoms with Crippen molar-refractivity contribution >= 4 is 5.69 Å². The highest BCUT2D eigenvalue weighted by Crippen LogP contribution is 2.19. The Morgan fingerprint density at radius 2 is 2.00 bits per heavy atom. The number of benzene rings is 1. The van der Waals surface area contributed by atoms with Crippen molar-refractivity contribution in [1.29, 1.82) is 0 Å². The summed E-state index contributed by atoms with van der Waals surface area (Å²) < 4.78 is 5.47. The van der Waals surface area contributed by atoms with Gasteiger partial charge in [-0.15, -0.1) is 0 Å². The lowest BCUT2D eigenvalue weighted by Gasteiger charge is -2.27. The number of ether oxygens (including phenoxy) is 1. The van der Waals surface area contributed by atoms with Gasteiger partial charge in [0.2, 0.25) is 0 Å². The molecule has 0 aliphatic carbocycles. The second-order valence-corrected chi connectivity index (χ2v) is 5.51. The molecule has 0 aliphatic rings. The molecule has 0 radical (unpaired) electrons. The van der Waals surface area contributed by atoms with Crippen LogP contribution >= 0.6 is 0 Å². The molecule has 1 unspecified atom stereocenters. The third-order valence-corrected chi connectivity index (χ3v) is 2.53. The topological polar surface area (TPSA) is 79.0 Å². The molecular weight excluding hydrogens is 244 g/mol. The fourth-order valence-corrected chi connectivity index (χ4v) is 1.94. The normalized spacial score (nSPS) is 13.6. The van der Waals surface area contributed by atoms with E-state index in [9.17, 15) is 10.2 Å². The second kappa shape index (κ2) is 6.75. The van der Waals surface area contributed by atoms with Gasteiger partial charge >= 0.3 is 0 Å². The summed E-state index contributed by atoms with van der Waals surface area (Å²) >= 11 is 0.